The summed E-state index contributed by atoms with van der Waals surface area (Å²) >= 11 is 0. The van der Waals surface area contributed by atoms with Gasteiger partial charge in [-0.25, -0.2) is 0 Å². The fraction of sp³-hybridized carbons (Fsp3) is 0.917. The Morgan fingerprint density at radius 2 is 2.19 bits per heavy atom. The number of nitrogens with two attached hydrogens (primary N) is 1. The van der Waals surface area contributed by atoms with Gasteiger partial charge < -0.3 is 15.8 Å². The lowest BCUT2D eigenvalue weighted by molar-refractivity contribution is -0.124. The number of rotatable bonds is 8. The van der Waals surface area contributed by atoms with Gasteiger partial charge in [0.05, 0.1) is 12.1 Å². The number of hydrogen-bond donors (Lipinski definition) is 2. The van der Waals surface area contributed by atoms with Gasteiger partial charge in [-0.15, -0.1) is 0 Å². The van der Waals surface area contributed by atoms with Gasteiger partial charge in [-0.2, -0.15) is 0 Å². The Kier molecular flexibility index (Phi) is 5.22. The second-order valence-corrected chi connectivity index (χ2v) is 4.81. The van der Waals surface area contributed by atoms with Crippen LogP contribution in [-0.4, -0.2) is 31.2 Å². The largest absolute Gasteiger partial charge is 0.381 e. The van der Waals surface area contributed by atoms with Gasteiger partial charge in [-0.05, 0) is 32.1 Å². The average molecular weight is 228 g/mol. The summed E-state index contributed by atoms with van der Waals surface area (Å²) in [6.07, 6.45) is 3.78. The van der Waals surface area contributed by atoms with E-state index >= 15 is 0 Å². The molecule has 1 saturated carbocycles. The maximum Gasteiger partial charge on any atom is 0.222 e. The highest BCUT2D eigenvalue weighted by Gasteiger charge is 2.41. The third-order valence-corrected chi connectivity index (χ3v) is 3.15. The molecule has 1 unspecified atom stereocenters. The molecule has 16 heavy (non-hydrogen) atoms. The van der Waals surface area contributed by atoms with E-state index in [2.05, 4.69) is 12.2 Å². The number of hydrogen-bond acceptors (Lipinski definition) is 3. The number of nitrogens with one attached hydrogen (secondary N) is 1. The van der Waals surface area contributed by atoms with Crippen LogP contribution in [0.25, 0.3) is 0 Å². The van der Waals surface area contributed by atoms with Gasteiger partial charge >= 0.3 is 0 Å². The van der Waals surface area contributed by atoms with Crippen molar-refractivity contribution in [2.24, 2.45) is 11.7 Å². The molecule has 3 N–H and O–H groups in total. The van der Waals surface area contributed by atoms with Gasteiger partial charge in [0.25, 0.3) is 0 Å². The van der Waals surface area contributed by atoms with Crippen LogP contribution in [0.5, 0.6) is 0 Å². The van der Waals surface area contributed by atoms with Crippen LogP contribution in [0, 0.1) is 5.92 Å². The van der Waals surface area contributed by atoms with Crippen molar-refractivity contribution in [3.8, 4) is 0 Å². The Morgan fingerprint density at radius 1 is 1.50 bits per heavy atom. The van der Waals surface area contributed by atoms with Crippen LogP contribution in [0.1, 0.15) is 39.5 Å². The summed E-state index contributed by atoms with van der Waals surface area (Å²) in [5, 5.41) is 3.04. The SMILES string of the molecule is CCCOCCC(=O)NC(C)(CN)C1CC1. The first kappa shape index (κ1) is 13.5. The van der Waals surface area contributed by atoms with Crippen LogP contribution in [0.3, 0.4) is 0 Å². The van der Waals surface area contributed by atoms with E-state index in [9.17, 15) is 4.79 Å². The normalized spacial score (nSPS) is 19.2. The topological polar surface area (TPSA) is 64.3 Å². The highest BCUT2D eigenvalue weighted by molar-refractivity contribution is 5.77. The Balaban J connectivity index is 2.21. The summed E-state index contributed by atoms with van der Waals surface area (Å²) < 4.78 is 5.29. The quantitative estimate of drug-likeness (QED) is 0.610. The second-order valence-electron chi connectivity index (χ2n) is 4.81. The fourth-order valence-electron chi connectivity index (χ4n) is 1.83. The zero-order valence-corrected chi connectivity index (χ0v) is 10.4. The first-order valence-electron chi connectivity index (χ1n) is 6.21. The molecule has 0 saturated heterocycles. The summed E-state index contributed by atoms with van der Waals surface area (Å²) in [7, 11) is 0. The molecule has 0 bridgehead atoms. The van der Waals surface area contributed by atoms with E-state index < -0.39 is 0 Å². The lowest BCUT2D eigenvalue weighted by Crippen LogP contribution is -2.53. The van der Waals surface area contributed by atoms with Crippen molar-refractivity contribution in [1.82, 2.24) is 5.32 Å². The molecule has 0 aliphatic heterocycles. The smallest absolute Gasteiger partial charge is 0.222 e. The Morgan fingerprint density at radius 3 is 2.69 bits per heavy atom. The fourth-order valence-corrected chi connectivity index (χ4v) is 1.83. The molecule has 4 heteroatoms. The molecular formula is C12H24N2O2. The summed E-state index contributed by atoms with van der Waals surface area (Å²) in [6, 6.07) is 0. The van der Waals surface area contributed by atoms with Crippen molar-refractivity contribution in [3.05, 3.63) is 0 Å². The zero-order chi connectivity index (χ0) is 12.0. The van der Waals surface area contributed by atoms with Crippen LogP contribution in [-0.2, 0) is 9.53 Å². The van der Waals surface area contributed by atoms with E-state index in [-0.39, 0.29) is 11.4 Å². The van der Waals surface area contributed by atoms with Gasteiger partial charge in [-0.3, -0.25) is 4.79 Å². The molecule has 94 valence electrons. The zero-order valence-electron chi connectivity index (χ0n) is 10.4. The van der Waals surface area contributed by atoms with Gasteiger partial charge in [-0.1, -0.05) is 6.92 Å². The van der Waals surface area contributed by atoms with Gasteiger partial charge in [0.2, 0.25) is 5.91 Å². The van der Waals surface area contributed by atoms with E-state index in [1.54, 1.807) is 0 Å². The first-order chi connectivity index (χ1) is 7.62. The van der Waals surface area contributed by atoms with Gasteiger partial charge in [0, 0.05) is 19.6 Å². The molecule has 0 radical (unpaired) electrons. The van der Waals surface area contributed by atoms with E-state index in [0.29, 0.717) is 25.5 Å². The minimum absolute atomic E-state index is 0.0518. The summed E-state index contributed by atoms with van der Waals surface area (Å²) in [6.45, 7) is 5.84. The van der Waals surface area contributed by atoms with Crippen molar-refractivity contribution in [2.75, 3.05) is 19.8 Å². The molecule has 0 heterocycles. The predicted molar refractivity (Wildman–Crippen MR) is 64.1 cm³/mol. The van der Waals surface area contributed by atoms with Gasteiger partial charge in [0.1, 0.15) is 0 Å². The lowest BCUT2D eigenvalue weighted by atomic mass is 9.96. The second kappa shape index (κ2) is 6.21. The maximum absolute atomic E-state index is 11.7. The van der Waals surface area contributed by atoms with E-state index in [0.717, 1.165) is 13.0 Å². The molecular weight excluding hydrogens is 204 g/mol. The third-order valence-electron chi connectivity index (χ3n) is 3.15. The van der Waals surface area contributed by atoms with Crippen molar-refractivity contribution in [3.63, 3.8) is 0 Å². The molecule has 0 aromatic heterocycles. The summed E-state index contributed by atoms with van der Waals surface area (Å²) in [5.74, 6) is 0.619. The van der Waals surface area contributed by atoms with Crippen molar-refractivity contribution >= 4 is 5.91 Å². The molecule has 1 rings (SSSR count). The standard InChI is InChI=1S/C12H24N2O2/c1-3-7-16-8-6-11(15)14-12(2,9-13)10-4-5-10/h10H,3-9,13H2,1-2H3,(H,14,15). The molecule has 0 aromatic rings. The molecule has 0 aromatic carbocycles. The van der Waals surface area contributed by atoms with Crippen LogP contribution < -0.4 is 11.1 Å². The van der Waals surface area contributed by atoms with E-state index in [1.165, 1.54) is 12.8 Å². The molecule has 1 amide bonds. The third kappa shape index (κ3) is 4.10. The number of amides is 1. The van der Waals surface area contributed by atoms with E-state index in [1.807, 2.05) is 6.92 Å². The molecule has 0 spiro atoms. The van der Waals surface area contributed by atoms with Crippen LogP contribution in [0.15, 0.2) is 0 Å². The summed E-state index contributed by atoms with van der Waals surface area (Å²) in [5.41, 5.74) is 5.52. The van der Waals surface area contributed by atoms with Crippen molar-refractivity contribution in [1.29, 1.82) is 0 Å². The highest BCUT2D eigenvalue weighted by Crippen LogP contribution is 2.38. The number of carbonyl (C=O) groups excluding carboxylic acids is 1. The van der Waals surface area contributed by atoms with Crippen molar-refractivity contribution < 1.29 is 9.53 Å². The monoisotopic (exact) mass is 228 g/mol. The lowest BCUT2D eigenvalue weighted by Gasteiger charge is -2.29. The summed E-state index contributed by atoms with van der Waals surface area (Å²) in [4.78, 5) is 11.7. The van der Waals surface area contributed by atoms with Crippen LogP contribution in [0.2, 0.25) is 0 Å². The predicted octanol–water partition coefficient (Wildman–Crippen LogP) is 1.05. The number of carbonyl (C=O) groups is 1. The molecule has 1 fully saturated rings. The Hall–Kier alpha value is -0.610. The molecule has 1 aliphatic carbocycles. The van der Waals surface area contributed by atoms with Crippen LogP contribution in [0.4, 0.5) is 0 Å². The molecule has 1 aliphatic rings. The maximum atomic E-state index is 11.7. The first-order valence-corrected chi connectivity index (χ1v) is 6.21. The Labute approximate surface area is 97.9 Å². The molecule has 1 atom stereocenters. The minimum Gasteiger partial charge on any atom is -0.381 e. The highest BCUT2D eigenvalue weighted by atomic mass is 16.5. The van der Waals surface area contributed by atoms with Gasteiger partial charge in [0.15, 0.2) is 0 Å². The van der Waals surface area contributed by atoms with Crippen molar-refractivity contribution in [2.45, 2.75) is 45.1 Å². The van der Waals surface area contributed by atoms with E-state index in [4.69, 9.17) is 10.5 Å². The Bertz CT molecular complexity index is 229. The number of ether oxygens (including phenoxy) is 1. The van der Waals surface area contributed by atoms with Crippen LogP contribution >= 0.6 is 0 Å². The minimum atomic E-state index is -0.207. The average Bonchev–Trinajstić information content (AvgIpc) is 3.08. The molecule has 4 nitrogen and oxygen atoms in total.